The van der Waals surface area contributed by atoms with E-state index in [1.807, 2.05) is 0 Å². The zero-order valence-electron chi connectivity index (χ0n) is 22.9. The molecule has 9 nitrogen and oxygen atoms in total. The van der Waals surface area contributed by atoms with Crippen molar-refractivity contribution in [2.24, 2.45) is 0 Å². The maximum absolute atomic E-state index is 13.8. The summed E-state index contributed by atoms with van der Waals surface area (Å²) in [6.45, 7) is 3.30. The smallest absolute Gasteiger partial charge is 0.201 e. The molecule has 5 N–H and O–H groups in total. The van der Waals surface area contributed by atoms with Gasteiger partial charge < -0.3 is 35.0 Å². The molecule has 2 aliphatic carbocycles. The summed E-state index contributed by atoms with van der Waals surface area (Å²) < 4.78 is 11.1. The normalized spacial score (nSPS) is 17.7. The van der Waals surface area contributed by atoms with E-state index in [2.05, 4.69) is 0 Å². The van der Waals surface area contributed by atoms with Gasteiger partial charge in [0.2, 0.25) is 5.78 Å². The summed E-state index contributed by atoms with van der Waals surface area (Å²) in [5.74, 6) is -2.21. The standard InChI is InChI=1S/C32H28O9/c1-13-5-14-7-15-8-22(41-4)28(30(37)24(15)29(36)23(14)19(33)6-13)25-17-9-16(40-3)10-20(34)26(17)31(38)27-18(25)11-32(2,39)12-21(27)35/h5-6,8-10,33-34,37-39H,7,11-12H2,1-4H3/t32-/m1/s1. The highest BCUT2D eigenvalue weighted by atomic mass is 16.5. The number of carbonyl (C=O) groups excluding carboxylic acids is 2. The Morgan fingerprint density at radius 3 is 2.15 bits per heavy atom. The van der Waals surface area contributed by atoms with Crippen molar-refractivity contribution in [1.29, 1.82) is 0 Å². The van der Waals surface area contributed by atoms with Crippen molar-refractivity contribution in [2.75, 3.05) is 14.2 Å². The number of benzene rings is 4. The number of fused-ring (bicyclic) bond motifs is 4. The van der Waals surface area contributed by atoms with E-state index in [-0.39, 0.29) is 86.4 Å². The number of methoxy groups -OCH3 is 2. The first-order chi connectivity index (χ1) is 19.4. The number of carbonyl (C=O) groups is 2. The first kappa shape index (κ1) is 26.5. The van der Waals surface area contributed by atoms with Crippen molar-refractivity contribution in [3.63, 3.8) is 0 Å². The Hall–Kier alpha value is -4.76. The lowest BCUT2D eigenvalue weighted by Crippen LogP contribution is -2.36. The maximum Gasteiger partial charge on any atom is 0.201 e. The Labute approximate surface area is 234 Å². The number of hydrogen-bond acceptors (Lipinski definition) is 9. The van der Waals surface area contributed by atoms with Gasteiger partial charge >= 0.3 is 0 Å². The third-order valence-electron chi connectivity index (χ3n) is 8.05. The molecule has 6 rings (SSSR count). The Balaban J connectivity index is 1.77. The second kappa shape index (κ2) is 8.87. The van der Waals surface area contributed by atoms with E-state index < -0.39 is 28.7 Å². The van der Waals surface area contributed by atoms with Crippen LogP contribution in [0.15, 0.2) is 30.3 Å². The number of aliphatic hydroxyl groups is 1. The van der Waals surface area contributed by atoms with Gasteiger partial charge in [-0.2, -0.15) is 0 Å². The van der Waals surface area contributed by atoms with Crippen LogP contribution in [-0.4, -0.2) is 56.9 Å². The van der Waals surface area contributed by atoms with Gasteiger partial charge in [0, 0.05) is 29.9 Å². The van der Waals surface area contributed by atoms with Crippen LogP contribution < -0.4 is 9.47 Å². The molecule has 2 aliphatic rings. The Morgan fingerprint density at radius 1 is 0.756 bits per heavy atom. The molecule has 9 heteroatoms. The number of hydrogen-bond donors (Lipinski definition) is 5. The van der Waals surface area contributed by atoms with Gasteiger partial charge in [0.05, 0.1) is 47.5 Å². The lowest BCUT2D eigenvalue weighted by molar-refractivity contribution is 0.0410. The van der Waals surface area contributed by atoms with Crippen LogP contribution in [0, 0.1) is 6.92 Å². The molecule has 41 heavy (non-hydrogen) atoms. The highest BCUT2D eigenvalue weighted by molar-refractivity contribution is 6.19. The van der Waals surface area contributed by atoms with Crippen molar-refractivity contribution in [3.8, 4) is 45.6 Å². The highest BCUT2D eigenvalue weighted by Crippen LogP contribution is 2.54. The van der Waals surface area contributed by atoms with Crippen LogP contribution in [0.5, 0.6) is 34.5 Å². The van der Waals surface area contributed by atoms with Crippen molar-refractivity contribution in [2.45, 2.75) is 38.7 Å². The molecular formula is C32H28O9. The number of ether oxygens (including phenoxy) is 2. The molecule has 0 radical (unpaired) electrons. The van der Waals surface area contributed by atoms with E-state index in [9.17, 15) is 35.1 Å². The molecule has 0 fully saturated rings. The molecule has 4 aromatic rings. The number of rotatable bonds is 3. The van der Waals surface area contributed by atoms with Gasteiger partial charge in [0.15, 0.2) is 5.78 Å². The summed E-state index contributed by atoms with van der Waals surface area (Å²) in [4.78, 5) is 27.1. The van der Waals surface area contributed by atoms with Gasteiger partial charge in [-0.25, -0.2) is 0 Å². The Kier molecular flexibility index (Phi) is 5.73. The third-order valence-corrected chi connectivity index (χ3v) is 8.05. The fraction of sp³-hybridized carbons (Fsp3) is 0.250. The first-order valence-corrected chi connectivity index (χ1v) is 13.0. The van der Waals surface area contributed by atoms with Crippen LogP contribution in [0.3, 0.4) is 0 Å². The van der Waals surface area contributed by atoms with E-state index in [0.29, 0.717) is 11.1 Å². The van der Waals surface area contributed by atoms with Gasteiger partial charge in [-0.3, -0.25) is 9.59 Å². The highest BCUT2D eigenvalue weighted by Gasteiger charge is 2.40. The monoisotopic (exact) mass is 556 g/mol. The van der Waals surface area contributed by atoms with E-state index >= 15 is 0 Å². The molecule has 0 heterocycles. The molecule has 0 aliphatic heterocycles. The summed E-state index contributed by atoms with van der Waals surface area (Å²) >= 11 is 0. The predicted molar refractivity (Wildman–Crippen MR) is 150 cm³/mol. The summed E-state index contributed by atoms with van der Waals surface area (Å²) in [6.07, 6.45) is -0.107. The number of phenolic OH excluding ortho intramolecular Hbond substituents is 4. The average Bonchev–Trinajstić information content (AvgIpc) is 2.87. The molecule has 0 amide bonds. The number of phenols is 4. The number of aromatic hydroxyl groups is 4. The van der Waals surface area contributed by atoms with Crippen LogP contribution in [0.4, 0.5) is 0 Å². The number of Topliss-reactive ketones (excluding diaryl/α,β-unsaturated/α-hetero) is 1. The minimum Gasteiger partial charge on any atom is -0.507 e. The van der Waals surface area contributed by atoms with Gasteiger partial charge in [0.25, 0.3) is 0 Å². The molecule has 0 saturated carbocycles. The molecule has 1 atom stereocenters. The van der Waals surface area contributed by atoms with Crippen molar-refractivity contribution in [1.82, 2.24) is 0 Å². The number of aryl methyl sites for hydroxylation is 1. The summed E-state index contributed by atoms with van der Waals surface area (Å²) in [5, 5.41) is 55.9. The minimum absolute atomic E-state index is 0.0362. The molecule has 0 bridgehead atoms. The van der Waals surface area contributed by atoms with Gasteiger partial charge in [-0.15, -0.1) is 0 Å². The van der Waals surface area contributed by atoms with E-state index in [0.717, 1.165) is 5.56 Å². The van der Waals surface area contributed by atoms with Gasteiger partial charge in [-0.05, 0) is 60.7 Å². The lowest BCUT2D eigenvalue weighted by Gasteiger charge is -2.33. The zero-order valence-corrected chi connectivity index (χ0v) is 22.9. The van der Waals surface area contributed by atoms with Crippen LogP contribution in [0.1, 0.15) is 61.9 Å². The second-order valence-electron chi connectivity index (χ2n) is 11.1. The molecule has 4 aromatic carbocycles. The summed E-state index contributed by atoms with van der Waals surface area (Å²) in [5.41, 5.74) is 0.793. The summed E-state index contributed by atoms with van der Waals surface area (Å²) in [7, 11) is 2.79. The zero-order chi connectivity index (χ0) is 29.5. The summed E-state index contributed by atoms with van der Waals surface area (Å²) in [6, 6.07) is 7.73. The minimum atomic E-state index is -1.48. The molecule has 0 aromatic heterocycles. The van der Waals surface area contributed by atoms with Crippen LogP contribution in [0.25, 0.3) is 21.9 Å². The second-order valence-corrected chi connectivity index (χ2v) is 11.1. The predicted octanol–water partition coefficient (Wildman–Crippen LogP) is 4.67. The SMILES string of the molecule is COc1cc(O)c2c(O)c3c(c(-c4c(OC)cc5c(c4O)C(=O)c4c(O)cc(C)cc4C5)c2c1)C[C@@](C)(O)CC3=O. The topological polar surface area (TPSA) is 154 Å². The van der Waals surface area contributed by atoms with Crippen molar-refractivity contribution < 1.29 is 44.6 Å². The molecular weight excluding hydrogens is 528 g/mol. The maximum atomic E-state index is 13.8. The Morgan fingerprint density at radius 2 is 1.46 bits per heavy atom. The third kappa shape index (κ3) is 3.80. The van der Waals surface area contributed by atoms with E-state index in [1.54, 1.807) is 19.1 Å². The van der Waals surface area contributed by atoms with Crippen molar-refractivity contribution >= 4 is 22.3 Å². The average molecular weight is 557 g/mol. The van der Waals surface area contributed by atoms with Crippen LogP contribution in [0.2, 0.25) is 0 Å². The van der Waals surface area contributed by atoms with Gasteiger partial charge in [-0.1, -0.05) is 6.07 Å². The molecule has 0 spiro atoms. The fourth-order valence-electron chi connectivity index (χ4n) is 6.43. The lowest BCUT2D eigenvalue weighted by atomic mass is 9.74. The van der Waals surface area contributed by atoms with Crippen molar-refractivity contribution in [3.05, 3.63) is 69.3 Å². The first-order valence-electron chi connectivity index (χ1n) is 13.0. The quantitative estimate of drug-likeness (QED) is 0.213. The van der Waals surface area contributed by atoms with Crippen LogP contribution >= 0.6 is 0 Å². The molecule has 0 unspecified atom stereocenters. The molecule has 0 saturated heterocycles. The van der Waals surface area contributed by atoms with Crippen LogP contribution in [-0.2, 0) is 12.8 Å². The molecule has 210 valence electrons. The van der Waals surface area contributed by atoms with E-state index in [4.69, 9.17) is 9.47 Å². The Bertz CT molecular complexity index is 1850. The largest absolute Gasteiger partial charge is 0.507 e. The number of ketones is 2. The van der Waals surface area contributed by atoms with E-state index in [1.165, 1.54) is 39.3 Å². The van der Waals surface area contributed by atoms with Gasteiger partial charge in [0.1, 0.15) is 34.5 Å². The fourth-order valence-corrected chi connectivity index (χ4v) is 6.43.